The number of aryl methyl sites for hydroxylation is 1. The summed E-state index contributed by atoms with van der Waals surface area (Å²) in [5.41, 5.74) is 1.76. The van der Waals surface area contributed by atoms with Gasteiger partial charge < -0.3 is 13.3 Å². The molecule has 2 aromatic rings. The summed E-state index contributed by atoms with van der Waals surface area (Å²) in [6.07, 6.45) is 1.65. The van der Waals surface area contributed by atoms with Gasteiger partial charge >= 0.3 is 8.80 Å². The molecule has 0 heterocycles. The topological polar surface area (TPSA) is 44.8 Å². The molecule has 2 aromatic carbocycles. The Morgan fingerprint density at radius 3 is 2.12 bits per heavy atom. The molecule has 0 saturated heterocycles. The van der Waals surface area contributed by atoms with Crippen molar-refractivity contribution in [1.82, 2.24) is 0 Å². The van der Waals surface area contributed by atoms with Gasteiger partial charge in [-0.3, -0.25) is 4.79 Å². The molecule has 130 valence electrons. The van der Waals surface area contributed by atoms with E-state index < -0.39 is 8.80 Å². The van der Waals surface area contributed by atoms with Crippen molar-refractivity contribution in [3.05, 3.63) is 47.5 Å². The maximum Gasteiger partial charge on any atom is 0.501 e. The predicted molar refractivity (Wildman–Crippen MR) is 98.5 cm³/mol. The van der Waals surface area contributed by atoms with Crippen LogP contribution in [0.2, 0.25) is 6.04 Å². The third kappa shape index (κ3) is 4.30. The predicted octanol–water partition coefficient (Wildman–Crippen LogP) is 4.24. The normalized spacial score (nSPS) is 11.8. The van der Waals surface area contributed by atoms with E-state index in [1.165, 1.54) is 0 Å². The number of carbonyl (C=O) groups is 1. The molecule has 0 fully saturated rings. The largest absolute Gasteiger partial charge is 0.501 e. The number of hydrogen-bond acceptors (Lipinski definition) is 4. The fraction of sp³-hybridized carbons (Fsp3) is 0.421. The van der Waals surface area contributed by atoms with Crippen LogP contribution in [-0.2, 0) is 19.7 Å². The number of fused-ring (bicyclic) bond motifs is 1. The molecule has 24 heavy (non-hydrogen) atoms. The minimum atomic E-state index is -2.70. The van der Waals surface area contributed by atoms with Crippen molar-refractivity contribution >= 4 is 25.9 Å². The van der Waals surface area contributed by atoms with Gasteiger partial charge in [-0.05, 0) is 43.5 Å². The number of hydrogen-bond donors (Lipinski definition) is 0. The second-order valence-electron chi connectivity index (χ2n) is 5.46. The van der Waals surface area contributed by atoms with Gasteiger partial charge in [0.1, 0.15) is 0 Å². The van der Waals surface area contributed by atoms with E-state index >= 15 is 0 Å². The molecule has 0 spiro atoms. The molecule has 0 unspecified atom stereocenters. The Hall–Kier alpha value is -1.53. The van der Waals surface area contributed by atoms with Crippen LogP contribution < -0.4 is 0 Å². The molecule has 0 atom stereocenters. The first kappa shape index (κ1) is 18.8. The maximum absolute atomic E-state index is 11.7. The standard InChI is InChI=1S/C19H26O4Si/c1-4-21-24(22-5-2,23-6-3)14-13-17-12-11-16-9-7-8-10-18(16)19(17)15-20/h7-12,15H,4-6,13-14H2,1-3H3. The Morgan fingerprint density at radius 1 is 0.917 bits per heavy atom. The summed E-state index contributed by atoms with van der Waals surface area (Å²) in [5.74, 6) is 0. The summed E-state index contributed by atoms with van der Waals surface area (Å²) in [5, 5.41) is 2.06. The average Bonchev–Trinajstić information content (AvgIpc) is 2.60. The zero-order valence-electron chi connectivity index (χ0n) is 14.7. The fourth-order valence-electron chi connectivity index (χ4n) is 2.99. The SMILES string of the molecule is CCO[Si](CCc1ccc2ccccc2c1C=O)(OCC)OCC. The van der Waals surface area contributed by atoms with Crippen LogP contribution in [0.3, 0.4) is 0 Å². The second kappa shape index (κ2) is 9.08. The molecule has 2 rings (SSSR count). The summed E-state index contributed by atoms with van der Waals surface area (Å²) < 4.78 is 17.7. The molecule has 0 bridgehead atoms. The highest BCUT2D eigenvalue weighted by atomic mass is 28.4. The zero-order valence-corrected chi connectivity index (χ0v) is 15.7. The smallest absolute Gasteiger partial charge is 0.374 e. The van der Waals surface area contributed by atoms with Crippen molar-refractivity contribution in [1.29, 1.82) is 0 Å². The van der Waals surface area contributed by atoms with Gasteiger partial charge in [-0.25, -0.2) is 0 Å². The van der Waals surface area contributed by atoms with Crippen molar-refractivity contribution in [2.45, 2.75) is 33.2 Å². The van der Waals surface area contributed by atoms with Crippen LogP contribution in [0.5, 0.6) is 0 Å². The van der Waals surface area contributed by atoms with Gasteiger partial charge in [-0.1, -0.05) is 36.4 Å². The van der Waals surface area contributed by atoms with Crippen LogP contribution in [0.1, 0.15) is 36.7 Å². The lowest BCUT2D eigenvalue weighted by molar-refractivity contribution is 0.0713. The molecule has 5 heteroatoms. The number of aldehydes is 1. The van der Waals surface area contributed by atoms with Crippen molar-refractivity contribution in [2.24, 2.45) is 0 Å². The molecule has 0 aliphatic carbocycles. The Balaban J connectivity index is 2.28. The van der Waals surface area contributed by atoms with E-state index in [9.17, 15) is 4.79 Å². The highest BCUT2D eigenvalue weighted by Gasteiger charge is 2.40. The van der Waals surface area contributed by atoms with Gasteiger partial charge in [-0.2, -0.15) is 0 Å². The van der Waals surface area contributed by atoms with E-state index in [0.29, 0.717) is 32.3 Å². The van der Waals surface area contributed by atoms with Gasteiger partial charge in [0.05, 0.1) is 0 Å². The Kier molecular flexibility index (Phi) is 7.11. The molecular weight excluding hydrogens is 320 g/mol. The lowest BCUT2D eigenvalue weighted by Crippen LogP contribution is -2.46. The van der Waals surface area contributed by atoms with E-state index in [0.717, 1.165) is 28.2 Å². The number of benzene rings is 2. The van der Waals surface area contributed by atoms with Gasteiger partial charge in [0.25, 0.3) is 0 Å². The van der Waals surface area contributed by atoms with E-state index in [4.69, 9.17) is 13.3 Å². The minimum absolute atomic E-state index is 0.560. The summed E-state index contributed by atoms with van der Waals surface area (Å²) >= 11 is 0. The quantitative estimate of drug-likeness (QED) is 0.477. The first-order valence-electron chi connectivity index (χ1n) is 8.57. The molecule has 0 saturated carbocycles. The molecule has 0 radical (unpaired) electrons. The highest BCUT2D eigenvalue weighted by molar-refractivity contribution is 6.60. The van der Waals surface area contributed by atoms with Gasteiger partial charge in [-0.15, -0.1) is 0 Å². The first-order chi connectivity index (χ1) is 11.7. The Morgan fingerprint density at radius 2 is 1.54 bits per heavy atom. The lowest BCUT2D eigenvalue weighted by atomic mass is 9.98. The Labute approximate surface area is 145 Å². The van der Waals surface area contributed by atoms with Crippen molar-refractivity contribution in [2.75, 3.05) is 19.8 Å². The van der Waals surface area contributed by atoms with Gasteiger partial charge in [0.15, 0.2) is 6.29 Å². The minimum Gasteiger partial charge on any atom is -0.374 e. The van der Waals surface area contributed by atoms with Gasteiger partial charge in [0.2, 0.25) is 0 Å². The van der Waals surface area contributed by atoms with E-state index in [1.807, 2.05) is 51.1 Å². The summed E-state index contributed by atoms with van der Waals surface area (Å²) in [6, 6.07) is 12.7. The third-order valence-electron chi connectivity index (χ3n) is 3.97. The van der Waals surface area contributed by atoms with E-state index in [2.05, 4.69) is 6.07 Å². The number of rotatable bonds is 10. The lowest BCUT2D eigenvalue weighted by Gasteiger charge is -2.28. The van der Waals surface area contributed by atoms with Crippen molar-refractivity contribution < 1.29 is 18.1 Å². The van der Waals surface area contributed by atoms with Gasteiger partial charge in [0, 0.05) is 31.4 Å². The highest BCUT2D eigenvalue weighted by Crippen LogP contribution is 2.25. The molecule has 4 nitrogen and oxygen atoms in total. The monoisotopic (exact) mass is 346 g/mol. The van der Waals surface area contributed by atoms with E-state index in [1.54, 1.807) is 0 Å². The van der Waals surface area contributed by atoms with Crippen LogP contribution in [-0.4, -0.2) is 34.9 Å². The van der Waals surface area contributed by atoms with Crippen molar-refractivity contribution in [3.8, 4) is 0 Å². The van der Waals surface area contributed by atoms with Crippen LogP contribution in [0.15, 0.2) is 36.4 Å². The number of carbonyl (C=O) groups excluding carboxylic acids is 1. The summed E-state index contributed by atoms with van der Waals surface area (Å²) in [4.78, 5) is 11.7. The molecule has 0 amide bonds. The molecule has 0 aliphatic heterocycles. The Bertz CT molecular complexity index is 654. The first-order valence-corrected chi connectivity index (χ1v) is 10.5. The van der Waals surface area contributed by atoms with Crippen LogP contribution in [0.4, 0.5) is 0 Å². The van der Waals surface area contributed by atoms with Crippen LogP contribution >= 0.6 is 0 Å². The average molecular weight is 346 g/mol. The zero-order chi connectivity index (χ0) is 17.4. The molecule has 0 aromatic heterocycles. The van der Waals surface area contributed by atoms with Crippen molar-refractivity contribution in [3.63, 3.8) is 0 Å². The molecular formula is C19H26O4Si. The second-order valence-corrected chi connectivity index (χ2v) is 8.19. The summed E-state index contributed by atoms with van der Waals surface area (Å²) in [7, 11) is -2.70. The third-order valence-corrected chi connectivity index (χ3v) is 7.02. The molecule has 0 N–H and O–H groups in total. The van der Waals surface area contributed by atoms with Crippen LogP contribution in [0, 0.1) is 0 Å². The summed E-state index contributed by atoms with van der Waals surface area (Å²) in [6.45, 7) is 7.53. The fourth-order valence-corrected chi connectivity index (χ4v) is 5.56. The molecule has 0 aliphatic rings. The van der Waals surface area contributed by atoms with Crippen LogP contribution in [0.25, 0.3) is 10.8 Å². The van der Waals surface area contributed by atoms with E-state index in [-0.39, 0.29) is 0 Å². The maximum atomic E-state index is 11.7.